The summed E-state index contributed by atoms with van der Waals surface area (Å²) in [6, 6.07) is 4.15. The van der Waals surface area contributed by atoms with E-state index >= 15 is 4.39 Å². The van der Waals surface area contributed by atoms with Gasteiger partial charge in [0, 0.05) is 42.4 Å². The van der Waals surface area contributed by atoms with Crippen LogP contribution in [0.15, 0.2) is 42.1 Å². The standard InChI is InChI=1S/C24H23ClF2N4O4S/c1-5-18(33)30-10-13(3)31(11-12(30)2)23-14-9-15(25)19(20-16(26)7-6-8-17(20)32)21(27)22(14)28-24(29-23)36(4,34)35/h5-9,12-13,32H,1,10-11H2,2-4H3/t12-,13+/m1/s1. The number of halogens is 3. The van der Waals surface area contributed by atoms with Gasteiger partial charge in [0.15, 0.2) is 5.82 Å². The molecule has 0 bridgehead atoms. The molecule has 2 aromatic carbocycles. The summed E-state index contributed by atoms with van der Waals surface area (Å²) in [5.74, 6) is -2.71. The van der Waals surface area contributed by atoms with Gasteiger partial charge in [0.25, 0.3) is 0 Å². The molecule has 1 saturated heterocycles. The van der Waals surface area contributed by atoms with Crippen molar-refractivity contribution in [2.24, 2.45) is 0 Å². The molecule has 3 aromatic rings. The van der Waals surface area contributed by atoms with Gasteiger partial charge in [-0.3, -0.25) is 4.79 Å². The molecular weight excluding hydrogens is 514 g/mol. The highest BCUT2D eigenvalue weighted by atomic mass is 35.5. The molecular formula is C24H23ClF2N4O4S. The molecule has 0 unspecified atom stereocenters. The summed E-state index contributed by atoms with van der Waals surface area (Å²) in [6.07, 6.45) is 2.11. The maximum Gasteiger partial charge on any atom is 0.249 e. The molecule has 1 fully saturated rings. The highest BCUT2D eigenvalue weighted by Crippen LogP contribution is 2.42. The van der Waals surface area contributed by atoms with E-state index in [0.717, 1.165) is 12.3 Å². The van der Waals surface area contributed by atoms with Crippen LogP contribution >= 0.6 is 11.6 Å². The number of aromatic nitrogens is 2. The molecule has 0 spiro atoms. The van der Waals surface area contributed by atoms with E-state index in [1.807, 2.05) is 13.8 Å². The molecule has 1 aliphatic rings. The van der Waals surface area contributed by atoms with E-state index in [1.54, 1.807) is 9.80 Å². The highest BCUT2D eigenvalue weighted by Gasteiger charge is 2.34. The Morgan fingerprint density at radius 3 is 2.50 bits per heavy atom. The van der Waals surface area contributed by atoms with Crippen LogP contribution < -0.4 is 4.90 Å². The first-order chi connectivity index (χ1) is 16.8. The summed E-state index contributed by atoms with van der Waals surface area (Å²) in [5, 5.41) is 9.48. The van der Waals surface area contributed by atoms with Crippen molar-refractivity contribution in [1.29, 1.82) is 0 Å². The van der Waals surface area contributed by atoms with Crippen molar-refractivity contribution in [1.82, 2.24) is 14.9 Å². The summed E-state index contributed by atoms with van der Waals surface area (Å²) in [7, 11) is -3.99. The van der Waals surface area contributed by atoms with Crippen LogP contribution in [-0.4, -0.2) is 65.7 Å². The second kappa shape index (κ2) is 9.29. The monoisotopic (exact) mass is 536 g/mol. The number of amides is 1. The smallest absolute Gasteiger partial charge is 0.249 e. The first-order valence-corrected chi connectivity index (χ1v) is 13.2. The molecule has 8 nitrogen and oxygen atoms in total. The van der Waals surface area contributed by atoms with Crippen LogP contribution in [-0.2, 0) is 14.6 Å². The minimum atomic E-state index is -3.99. The van der Waals surface area contributed by atoms with Crippen LogP contribution in [0.25, 0.3) is 22.0 Å². The van der Waals surface area contributed by atoms with Crippen molar-refractivity contribution in [3.63, 3.8) is 0 Å². The number of benzene rings is 2. The SMILES string of the molecule is C=CC(=O)N1C[C@H](C)N(c2nc(S(C)(=O)=O)nc3c(F)c(-c4c(O)cccc4F)c(Cl)cc23)C[C@H]1C. The third-order valence-corrected chi connectivity index (χ3v) is 7.28. The zero-order valence-electron chi connectivity index (χ0n) is 19.7. The third-order valence-electron chi connectivity index (χ3n) is 6.13. The van der Waals surface area contributed by atoms with Gasteiger partial charge in [0.1, 0.15) is 22.9 Å². The van der Waals surface area contributed by atoms with Gasteiger partial charge in [-0.2, -0.15) is 0 Å². The molecule has 0 saturated carbocycles. The number of aromatic hydroxyl groups is 1. The number of sulfone groups is 1. The fraction of sp³-hybridized carbons (Fsp3) is 0.292. The molecule has 2 atom stereocenters. The molecule has 1 aromatic heterocycles. The highest BCUT2D eigenvalue weighted by molar-refractivity contribution is 7.90. The lowest BCUT2D eigenvalue weighted by Crippen LogP contribution is -2.58. The third kappa shape index (κ3) is 4.37. The Kier molecular flexibility index (Phi) is 6.65. The Balaban J connectivity index is 1.99. The summed E-state index contributed by atoms with van der Waals surface area (Å²) in [6.45, 7) is 7.69. The molecule has 2 heterocycles. The second-order valence-electron chi connectivity index (χ2n) is 8.72. The first-order valence-electron chi connectivity index (χ1n) is 10.9. The van der Waals surface area contributed by atoms with Crippen LogP contribution in [0, 0.1) is 11.6 Å². The molecule has 4 rings (SSSR count). The van der Waals surface area contributed by atoms with E-state index in [4.69, 9.17) is 11.6 Å². The number of fused-ring (bicyclic) bond motifs is 1. The normalized spacial score (nSPS) is 18.5. The zero-order valence-corrected chi connectivity index (χ0v) is 21.2. The van der Waals surface area contributed by atoms with E-state index < -0.39 is 49.0 Å². The molecule has 36 heavy (non-hydrogen) atoms. The Hall–Kier alpha value is -3.31. The van der Waals surface area contributed by atoms with Crippen LogP contribution in [0.1, 0.15) is 13.8 Å². The Bertz CT molecular complexity index is 1500. The van der Waals surface area contributed by atoms with Crippen LogP contribution in [0.4, 0.5) is 14.6 Å². The molecule has 1 amide bonds. The van der Waals surface area contributed by atoms with Gasteiger partial charge in [0.05, 0.1) is 10.6 Å². The van der Waals surface area contributed by atoms with Gasteiger partial charge in [0.2, 0.25) is 20.9 Å². The number of hydrogen-bond donors (Lipinski definition) is 1. The lowest BCUT2D eigenvalue weighted by molar-refractivity contribution is -0.128. The number of anilines is 1. The van der Waals surface area contributed by atoms with Crippen molar-refractivity contribution in [3.05, 3.63) is 53.6 Å². The van der Waals surface area contributed by atoms with Gasteiger partial charge in [-0.15, -0.1) is 0 Å². The number of carbonyl (C=O) groups is 1. The molecule has 12 heteroatoms. The molecule has 0 radical (unpaired) electrons. The van der Waals surface area contributed by atoms with Gasteiger partial charge in [-0.25, -0.2) is 27.2 Å². The average Bonchev–Trinajstić information content (AvgIpc) is 2.80. The predicted octanol–water partition coefficient (Wildman–Crippen LogP) is 3.95. The van der Waals surface area contributed by atoms with Gasteiger partial charge in [-0.1, -0.05) is 24.2 Å². The zero-order chi connectivity index (χ0) is 26.5. The maximum absolute atomic E-state index is 15.9. The number of carbonyl (C=O) groups excluding carboxylic acids is 1. The van der Waals surface area contributed by atoms with Gasteiger partial charge < -0.3 is 14.9 Å². The lowest BCUT2D eigenvalue weighted by Gasteiger charge is -2.44. The number of nitrogens with zero attached hydrogens (tertiary/aromatic N) is 4. The number of hydrogen-bond acceptors (Lipinski definition) is 7. The van der Waals surface area contributed by atoms with Gasteiger partial charge in [-0.05, 0) is 38.1 Å². The lowest BCUT2D eigenvalue weighted by atomic mass is 10.0. The van der Waals surface area contributed by atoms with Crippen LogP contribution in [0.2, 0.25) is 5.02 Å². The van der Waals surface area contributed by atoms with Crippen LogP contribution in [0.5, 0.6) is 5.75 Å². The number of piperazine rings is 1. The number of phenolic OH excluding ortho intramolecular Hbond substituents is 1. The Morgan fingerprint density at radius 1 is 1.19 bits per heavy atom. The molecule has 1 aliphatic heterocycles. The van der Waals surface area contributed by atoms with Crippen molar-refractivity contribution in [2.45, 2.75) is 31.1 Å². The first kappa shape index (κ1) is 25.8. The topological polar surface area (TPSA) is 104 Å². The Morgan fingerprint density at radius 2 is 1.89 bits per heavy atom. The largest absolute Gasteiger partial charge is 0.507 e. The quantitative estimate of drug-likeness (QED) is 0.398. The number of rotatable bonds is 4. The van der Waals surface area contributed by atoms with Crippen molar-refractivity contribution >= 4 is 44.1 Å². The van der Waals surface area contributed by atoms with E-state index in [9.17, 15) is 22.7 Å². The minimum absolute atomic E-state index is 0.104. The van der Waals surface area contributed by atoms with Crippen molar-refractivity contribution < 1.29 is 27.1 Å². The number of phenols is 1. The summed E-state index contributed by atoms with van der Waals surface area (Å²) in [5.41, 5.74) is -1.32. The maximum atomic E-state index is 15.9. The van der Waals surface area contributed by atoms with Crippen molar-refractivity contribution in [3.8, 4) is 16.9 Å². The average molecular weight is 537 g/mol. The fourth-order valence-electron chi connectivity index (χ4n) is 4.38. The van der Waals surface area contributed by atoms with E-state index in [-0.39, 0.29) is 47.3 Å². The van der Waals surface area contributed by atoms with Gasteiger partial charge >= 0.3 is 0 Å². The molecule has 1 N–H and O–H groups in total. The molecule has 190 valence electrons. The summed E-state index contributed by atoms with van der Waals surface area (Å²) >= 11 is 6.40. The predicted molar refractivity (Wildman–Crippen MR) is 133 cm³/mol. The minimum Gasteiger partial charge on any atom is -0.507 e. The second-order valence-corrected chi connectivity index (χ2v) is 11.0. The van der Waals surface area contributed by atoms with Crippen molar-refractivity contribution in [2.75, 3.05) is 24.2 Å². The molecule has 0 aliphatic carbocycles. The van der Waals surface area contributed by atoms with Crippen LogP contribution in [0.3, 0.4) is 0 Å². The van der Waals surface area contributed by atoms with E-state index in [1.165, 1.54) is 24.3 Å². The van der Waals surface area contributed by atoms with E-state index in [2.05, 4.69) is 16.5 Å². The Labute approximate surface area is 211 Å². The summed E-state index contributed by atoms with van der Waals surface area (Å²) < 4.78 is 55.4. The fourth-order valence-corrected chi connectivity index (χ4v) is 5.18. The summed E-state index contributed by atoms with van der Waals surface area (Å²) in [4.78, 5) is 23.8. The van der Waals surface area contributed by atoms with E-state index in [0.29, 0.717) is 0 Å².